The first-order chi connectivity index (χ1) is 9.19. The summed E-state index contributed by atoms with van der Waals surface area (Å²) in [6.07, 6.45) is 0.472. The van der Waals surface area contributed by atoms with Crippen LogP contribution in [0.3, 0.4) is 0 Å². The zero-order valence-electron chi connectivity index (χ0n) is 11.6. The van der Waals surface area contributed by atoms with E-state index >= 15 is 0 Å². The van der Waals surface area contributed by atoms with Crippen LogP contribution in [0.25, 0.3) is 0 Å². The van der Waals surface area contributed by atoms with E-state index in [1.807, 2.05) is 0 Å². The van der Waals surface area contributed by atoms with E-state index in [1.54, 1.807) is 13.8 Å². The van der Waals surface area contributed by atoms with Crippen molar-refractivity contribution in [2.75, 3.05) is 33.0 Å². The number of rotatable bonds is 7. The largest absolute Gasteiger partial charge is 0.464 e. The molecule has 0 N–H and O–H groups in total. The van der Waals surface area contributed by atoms with E-state index in [1.165, 1.54) is 0 Å². The molecule has 0 spiro atoms. The maximum Gasteiger partial charge on any atom is 0.347 e. The lowest BCUT2D eigenvalue weighted by molar-refractivity contribution is -0.174. The van der Waals surface area contributed by atoms with Crippen LogP contribution < -0.4 is 0 Å². The Morgan fingerprint density at radius 2 is 1.63 bits per heavy atom. The van der Waals surface area contributed by atoms with Crippen molar-refractivity contribution in [1.82, 2.24) is 0 Å². The van der Waals surface area contributed by atoms with Gasteiger partial charge in [0.05, 0.1) is 19.8 Å². The summed E-state index contributed by atoms with van der Waals surface area (Å²) in [7, 11) is 0. The summed E-state index contributed by atoms with van der Waals surface area (Å²) in [6, 6.07) is 0. The highest BCUT2D eigenvalue weighted by atomic mass is 16.6. The molecular formula is C13H22O6. The van der Waals surface area contributed by atoms with E-state index in [-0.39, 0.29) is 13.2 Å². The molecule has 0 bridgehead atoms. The Balaban J connectivity index is 2.47. The van der Waals surface area contributed by atoms with Gasteiger partial charge in [0.2, 0.25) is 0 Å². The molecule has 0 aromatic rings. The molecule has 0 radical (unpaired) electrons. The Hall–Kier alpha value is -1.14. The summed E-state index contributed by atoms with van der Waals surface area (Å²) in [6.45, 7) is 5.49. The second-order valence-electron chi connectivity index (χ2n) is 4.27. The number of ether oxygens (including phenoxy) is 4. The molecule has 1 aliphatic rings. The van der Waals surface area contributed by atoms with E-state index < -0.39 is 18.0 Å². The van der Waals surface area contributed by atoms with Crippen LogP contribution in [0.2, 0.25) is 0 Å². The summed E-state index contributed by atoms with van der Waals surface area (Å²) in [5.41, 5.74) is 0. The van der Waals surface area contributed by atoms with Crippen LogP contribution >= 0.6 is 0 Å². The molecule has 1 rings (SSSR count). The minimum absolute atomic E-state index is 0.204. The average molecular weight is 274 g/mol. The first-order valence-electron chi connectivity index (χ1n) is 6.71. The van der Waals surface area contributed by atoms with Gasteiger partial charge < -0.3 is 18.9 Å². The Morgan fingerprint density at radius 3 is 2.11 bits per heavy atom. The molecule has 1 heterocycles. The zero-order chi connectivity index (χ0) is 14.1. The van der Waals surface area contributed by atoms with Crippen LogP contribution in [0.1, 0.15) is 26.7 Å². The number of carbonyl (C=O) groups is 2. The summed E-state index contributed by atoms with van der Waals surface area (Å²) >= 11 is 0. The molecule has 0 unspecified atom stereocenters. The highest BCUT2D eigenvalue weighted by Crippen LogP contribution is 2.16. The summed E-state index contributed by atoms with van der Waals surface area (Å²) in [5, 5.41) is 0. The van der Waals surface area contributed by atoms with Crippen LogP contribution in [0.4, 0.5) is 0 Å². The van der Waals surface area contributed by atoms with Gasteiger partial charge in [0.25, 0.3) is 6.10 Å². The van der Waals surface area contributed by atoms with Gasteiger partial charge in [0, 0.05) is 13.2 Å². The molecule has 0 aromatic carbocycles. The monoisotopic (exact) mass is 274 g/mol. The Morgan fingerprint density at radius 1 is 1.11 bits per heavy atom. The SMILES string of the molecule is CCOC(=O)C(OCC1CCOCC1)C(=O)OCC. The molecule has 0 atom stereocenters. The number of esters is 2. The Kier molecular flexibility index (Phi) is 7.43. The van der Waals surface area contributed by atoms with Gasteiger partial charge in [-0.05, 0) is 32.6 Å². The number of hydrogen-bond acceptors (Lipinski definition) is 6. The average Bonchev–Trinajstić information content (AvgIpc) is 2.41. The third-order valence-electron chi connectivity index (χ3n) is 2.84. The molecule has 19 heavy (non-hydrogen) atoms. The minimum atomic E-state index is -1.28. The van der Waals surface area contributed by atoms with Crippen molar-refractivity contribution in [2.24, 2.45) is 5.92 Å². The molecular weight excluding hydrogens is 252 g/mol. The molecule has 1 aliphatic heterocycles. The molecule has 0 aromatic heterocycles. The fraction of sp³-hybridized carbons (Fsp3) is 0.846. The molecule has 1 saturated heterocycles. The van der Waals surface area contributed by atoms with Crippen LogP contribution in [-0.4, -0.2) is 51.1 Å². The molecule has 0 saturated carbocycles. The second kappa shape index (κ2) is 8.87. The highest BCUT2D eigenvalue weighted by Gasteiger charge is 2.31. The van der Waals surface area contributed by atoms with Gasteiger partial charge in [0.15, 0.2) is 0 Å². The number of carbonyl (C=O) groups excluding carboxylic acids is 2. The molecule has 110 valence electrons. The third kappa shape index (κ3) is 5.57. The van der Waals surface area contributed by atoms with E-state index in [0.717, 1.165) is 12.8 Å². The van der Waals surface area contributed by atoms with Crippen LogP contribution in [-0.2, 0) is 28.5 Å². The van der Waals surface area contributed by atoms with Crippen molar-refractivity contribution in [2.45, 2.75) is 32.8 Å². The van der Waals surface area contributed by atoms with Gasteiger partial charge in [-0.15, -0.1) is 0 Å². The maximum absolute atomic E-state index is 11.7. The minimum Gasteiger partial charge on any atom is -0.464 e. The summed E-state index contributed by atoms with van der Waals surface area (Å²) in [4.78, 5) is 23.3. The molecule has 6 heteroatoms. The van der Waals surface area contributed by atoms with Gasteiger partial charge in [-0.25, -0.2) is 9.59 Å². The van der Waals surface area contributed by atoms with Gasteiger partial charge >= 0.3 is 11.9 Å². The molecule has 0 amide bonds. The van der Waals surface area contributed by atoms with Gasteiger partial charge in [0.1, 0.15) is 0 Å². The normalized spacial score (nSPS) is 16.4. The lowest BCUT2D eigenvalue weighted by Gasteiger charge is -2.23. The number of hydrogen-bond donors (Lipinski definition) is 0. The van der Waals surface area contributed by atoms with Crippen molar-refractivity contribution in [3.63, 3.8) is 0 Å². The van der Waals surface area contributed by atoms with E-state index in [0.29, 0.717) is 25.7 Å². The Bertz CT molecular complexity index is 267. The smallest absolute Gasteiger partial charge is 0.347 e. The predicted octanol–water partition coefficient (Wildman–Crippen LogP) is 0.924. The first kappa shape index (κ1) is 15.9. The van der Waals surface area contributed by atoms with Gasteiger partial charge in [-0.2, -0.15) is 0 Å². The third-order valence-corrected chi connectivity index (χ3v) is 2.84. The highest BCUT2D eigenvalue weighted by molar-refractivity contribution is 5.98. The topological polar surface area (TPSA) is 71.1 Å². The molecule has 1 fully saturated rings. The van der Waals surface area contributed by atoms with E-state index in [2.05, 4.69) is 0 Å². The van der Waals surface area contributed by atoms with Crippen molar-refractivity contribution >= 4 is 11.9 Å². The second-order valence-corrected chi connectivity index (χ2v) is 4.27. The standard InChI is InChI=1S/C13H22O6/c1-3-17-12(14)11(13(15)18-4-2)19-9-10-5-7-16-8-6-10/h10-11H,3-9H2,1-2H3. The lowest BCUT2D eigenvalue weighted by Crippen LogP contribution is -2.38. The fourth-order valence-electron chi connectivity index (χ4n) is 1.81. The van der Waals surface area contributed by atoms with Crippen molar-refractivity contribution in [3.8, 4) is 0 Å². The molecule has 0 aliphatic carbocycles. The van der Waals surface area contributed by atoms with Crippen LogP contribution in [0.5, 0.6) is 0 Å². The van der Waals surface area contributed by atoms with Gasteiger partial charge in [-0.1, -0.05) is 0 Å². The van der Waals surface area contributed by atoms with E-state index in [9.17, 15) is 9.59 Å². The maximum atomic E-state index is 11.7. The van der Waals surface area contributed by atoms with Crippen LogP contribution in [0, 0.1) is 5.92 Å². The molecule has 6 nitrogen and oxygen atoms in total. The predicted molar refractivity (Wildman–Crippen MR) is 66.5 cm³/mol. The van der Waals surface area contributed by atoms with Crippen molar-refractivity contribution in [1.29, 1.82) is 0 Å². The summed E-state index contributed by atoms with van der Waals surface area (Å²) < 4.78 is 20.3. The Labute approximate surface area is 113 Å². The van der Waals surface area contributed by atoms with Gasteiger partial charge in [-0.3, -0.25) is 0 Å². The van der Waals surface area contributed by atoms with Crippen LogP contribution in [0.15, 0.2) is 0 Å². The van der Waals surface area contributed by atoms with E-state index in [4.69, 9.17) is 18.9 Å². The van der Waals surface area contributed by atoms with Crippen molar-refractivity contribution in [3.05, 3.63) is 0 Å². The van der Waals surface area contributed by atoms with Crippen molar-refractivity contribution < 1.29 is 28.5 Å². The quantitative estimate of drug-likeness (QED) is 0.508. The lowest BCUT2D eigenvalue weighted by atomic mass is 10.0. The first-order valence-corrected chi connectivity index (χ1v) is 6.71. The zero-order valence-corrected chi connectivity index (χ0v) is 11.6. The fourth-order valence-corrected chi connectivity index (χ4v) is 1.81. The summed E-state index contributed by atoms with van der Waals surface area (Å²) in [5.74, 6) is -1.07.